The van der Waals surface area contributed by atoms with Crippen molar-refractivity contribution in [1.29, 1.82) is 0 Å². The Morgan fingerprint density at radius 1 is 1.00 bits per heavy atom. The van der Waals surface area contributed by atoms with Crippen LogP contribution < -0.4 is 11.2 Å². The number of aromatic nitrogens is 3. The van der Waals surface area contributed by atoms with E-state index in [9.17, 15) is 14.0 Å². The topological polar surface area (TPSA) is 58.2 Å². The normalized spacial score (nSPS) is 16.0. The van der Waals surface area contributed by atoms with Crippen molar-refractivity contribution in [2.75, 3.05) is 6.61 Å². The Morgan fingerprint density at radius 2 is 1.77 bits per heavy atom. The van der Waals surface area contributed by atoms with Gasteiger partial charge in [0.2, 0.25) is 0 Å². The number of nitrogens with zero attached hydrogens (tertiary/aromatic N) is 3. The molecule has 0 saturated heterocycles. The highest BCUT2D eigenvalue weighted by molar-refractivity contribution is 5.96. The molecule has 1 aliphatic heterocycles. The Labute approximate surface area is 171 Å². The molecule has 7 heteroatoms. The highest BCUT2D eigenvalue weighted by atomic mass is 19.1. The lowest BCUT2D eigenvalue weighted by molar-refractivity contribution is 0.0477. The van der Waals surface area contributed by atoms with Gasteiger partial charge in [0.1, 0.15) is 11.9 Å². The van der Waals surface area contributed by atoms with Crippen LogP contribution in [0.15, 0.2) is 64.2 Å². The number of fused-ring (bicyclic) bond motifs is 3. The van der Waals surface area contributed by atoms with Gasteiger partial charge in [-0.15, -0.1) is 0 Å². The molecule has 0 radical (unpaired) electrons. The molecule has 30 heavy (non-hydrogen) atoms. The van der Waals surface area contributed by atoms with Crippen molar-refractivity contribution in [3.8, 4) is 11.3 Å². The molecule has 0 aliphatic carbocycles. The molecule has 0 saturated carbocycles. The number of hydrogen-bond acceptors (Lipinski definition) is 3. The smallest absolute Gasteiger partial charge is 0.331 e. The molecule has 0 unspecified atom stereocenters. The molecule has 0 N–H and O–H groups in total. The molecule has 1 atom stereocenters. The summed E-state index contributed by atoms with van der Waals surface area (Å²) < 4.78 is 24.7. The summed E-state index contributed by atoms with van der Waals surface area (Å²) in [5, 5.41) is 0.465. The van der Waals surface area contributed by atoms with E-state index in [4.69, 9.17) is 4.74 Å². The minimum atomic E-state index is -0.591. The van der Waals surface area contributed by atoms with Gasteiger partial charge in [-0.3, -0.25) is 13.9 Å². The summed E-state index contributed by atoms with van der Waals surface area (Å²) in [6.45, 7) is 0.931. The third-order valence-electron chi connectivity index (χ3n) is 5.75. The molecule has 1 aliphatic rings. The monoisotopic (exact) mass is 405 g/mol. The largest absolute Gasteiger partial charge is 0.365 e. The number of benzene rings is 2. The van der Waals surface area contributed by atoms with Gasteiger partial charge in [-0.2, -0.15) is 0 Å². The van der Waals surface area contributed by atoms with Gasteiger partial charge < -0.3 is 9.30 Å². The van der Waals surface area contributed by atoms with Gasteiger partial charge in [0.15, 0.2) is 0 Å². The number of halogens is 1. The lowest BCUT2D eigenvalue weighted by Gasteiger charge is -2.27. The van der Waals surface area contributed by atoms with Crippen molar-refractivity contribution >= 4 is 10.9 Å². The lowest BCUT2D eigenvalue weighted by Crippen LogP contribution is -2.37. The Balaban J connectivity index is 1.96. The fraction of sp³-hybridized carbons (Fsp3) is 0.217. The molecule has 5 rings (SSSR count). The van der Waals surface area contributed by atoms with E-state index in [2.05, 4.69) is 0 Å². The predicted octanol–water partition coefficient (Wildman–Crippen LogP) is 2.96. The molecule has 6 nitrogen and oxygen atoms in total. The predicted molar refractivity (Wildman–Crippen MR) is 112 cm³/mol. The Hall–Kier alpha value is -3.45. The van der Waals surface area contributed by atoms with Gasteiger partial charge >= 0.3 is 5.69 Å². The van der Waals surface area contributed by atoms with Crippen LogP contribution in [0.25, 0.3) is 22.2 Å². The van der Waals surface area contributed by atoms with Crippen molar-refractivity contribution in [2.24, 2.45) is 14.1 Å². The molecule has 2 aromatic heterocycles. The second-order valence-corrected chi connectivity index (χ2v) is 7.49. The lowest BCUT2D eigenvalue weighted by atomic mass is 10.0. The van der Waals surface area contributed by atoms with Gasteiger partial charge in [0.05, 0.1) is 28.9 Å². The maximum absolute atomic E-state index is 14.0. The van der Waals surface area contributed by atoms with E-state index < -0.39 is 11.8 Å². The highest BCUT2D eigenvalue weighted by Crippen LogP contribution is 2.40. The van der Waals surface area contributed by atoms with Crippen LogP contribution in [-0.4, -0.2) is 20.3 Å². The van der Waals surface area contributed by atoms with Crippen LogP contribution in [-0.2, 0) is 25.4 Å². The Morgan fingerprint density at radius 3 is 2.50 bits per heavy atom. The van der Waals surface area contributed by atoms with Crippen LogP contribution in [0.5, 0.6) is 0 Å². The first kappa shape index (κ1) is 18.6. The zero-order chi connectivity index (χ0) is 21.0. The quantitative estimate of drug-likeness (QED) is 0.515. The minimum Gasteiger partial charge on any atom is -0.365 e. The molecule has 0 amide bonds. The van der Waals surface area contributed by atoms with Crippen molar-refractivity contribution in [3.63, 3.8) is 0 Å². The summed E-state index contributed by atoms with van der Waals surface area (Å²) in [4.78, 5) is 26.0. The third kappa shape index (κ3) is 2.59. The van der Waals surface area contributed by atoms with Gasteiger partial charge in [-0.25, -0.2) is 9.18 Å². The first-order chi connectivity index (χ1) is 14.5. The van der Waals surface area contributed by atoms with E-state index in [0.717, 1.165) is 15.8 Å². The molecule has 0 bridgehead atoms. The van der Waals surface area contributed by atoms with Gasteiger partial charge in [0.25, 0.3) is 5.56 Å². The summed E-state index contributed by atoms with van der Waals surface area (Å²) in [5.41, 5.74) is 2.72. The number of rotatable bonds is 2. The van der Waals surface area contributed by atoms with E-state index in [0.29, 0.717) is 35.3 Å². The van der Waals surface area contributed by atoms with E-state index >= 15 is 0 Å². The third-order valence-corrected chi connectivity index (χ3v) is 5.75. The molecule has 152 valence electrons. The van der Waals surface area contributed by atoms with Crippen LogP contribution in [0.1, 0.15) is 17.4 Å². The van der Waals surface area contributed by atoms with Crippen molar-refractivity contribution in [2.45, 2.75) is 12.6 Å². The van der Waals surface area contributed by atoms with Gasteiger partial charge in [0, 0.05) is 20.6 Å². The fourth-order valence-corrected chi connectivity index (χ4v) is 4.40. The van der Waals surface area contributed by atoms with E-state index in [1.54, 1.807) is 19.2 Å². The SMILES string of the molecule is Cn1c(=O)c2c(-c3ccccc3)n3c(c2n(C)c1=O)[C@H](c1cccc(F)c1)OCC3. The van der Waals surface area contributed by atoms with Crippen molar-refractivity contribution in [1.82, 2.24) is 13.7 Å². The van der Waals surface area contributed by atoms with E-state index in [1.807, 2.05) is 34.9 Å². The number of ether oxygens (including phenoxy) is 1. The zero-order valence-electron chi connectivity index (χ0n) is 16.6. The molecule has 0 spiro atoms. The average Bonchev–Trinajstić information content (AvgIpc) is 3.12. The fourth-order valence-electron chi connectivity index (χ4n) is 4.40. The van der Waals surface area contributed by atoms with Crippen LogP contribution in [0, 0.1) is 5.82 Å². The van der Waals surface area contributed by atoms with Crippen molar-refractivity contribution in [3.05, 3.63) is 92.5 Å². The zero-order valence-corrected chi connectivity index (χ0v) is 16.6. The second-order valence-electron chi connectivity index (χ2n) is 7.49. The van der Waals surface area contributed by atoms with Gasteiger partial charge in [-0.05, 0) is 23.3 Å². The molecule has 4 aromatic rings. The first-order valence-electron chi connectivity index (χ1n) is 9.73. The van der Waals surface area contributed by atoms with Crippen LogP contribution in [0.3, 0.4) is 0 Å². The number of hydrogen-bond donors (Lipinski definition) is 0. The summed E-state index contributed by atoms with van der Waals surface area (Å²) >= 11 is 0. The molecular formula is C23H20FN3O3. The van der Waals surface area contributed by atoms with Gasteiger partial charge in [-0.1, -0.05) is 42.5 Å². The van der Waals surface area contributed by atoms with Crippen LogP contribution >= 0.6 is 0 Å². The highest BCUT2D eigenvalue weighted by Gasteiger charge is 2.33. The van der Waals surface area contributed by atoms with Crippen LogP contribution in [0.4, 0.5) is 4.39 Å². The van der Waals surface area contributed by atoms with E-state index in [-0.39, 0.29) is 11.4 Å². The molecular weight excluding hydrogens is 385 g/mol. The summed E-state index contributed by atoms with van der Waals surface area (Å²) in [6.07, 6.45) is -0.591. The maximum atomic E-state index is 14.0. The summed E-state index contributed by atoms with van der Waals surface area (Å²) in [6, 6.07) is 15.9. The summed E-state index contributed by atoms with van der Waals surface area (Å²) in [5.74, 6) is -0.364. The first-order valence-corrected chi connectivity index (χ1v) is 9.73. The average molecular weight is 405 g/mol. The minimum absolute atomic E-state index is 0.355. The van der Waals surface area contributed by atoms with Crippen molar-refractivity contribution < 1.29 is 9.13 Å². The Bertz CT molecular complexity index is 1400. The number of aryl methyl sites for hydroxylation is 1. The maximum Gasteiger partial charge on any atom is 0.331 e. The van der Waals surface area contributed by atoms with E-state index in [1.165, 1.54) is 23.7 Å². The van der Waals surface area contributed by atoms with Crippen LogP contribution in [0.2, 0.25) is 0 Å². The molecule has 3 heterocycles. The molecule has 0 fully saturated rings. The molecule has 2 aromatic carbocycles. The standard InChI is InChI=1S/C23H20FN3O3/c1-25-19-17(22(28)26(2)23(25)29)18(14-7-4-3-5-8-14)27-11-12-30-21(20(19)27)15-9-6-10-16(24)13-15/h3-10,13,21H,11-12H2,1-2H3/t21-/m0/s1. The summed E-state index contributed by atoms with van der Waals surface area (Å²) in [7, 11) is 3.13. The second kappa shape index (κ2) is 6.81. The Kier molecular flexibility index (Phi) is 4.22.